The summed E-state index contributed by atoms with van der Waals surface area (Å²) in [6.07, 6.45) is 0. The van der Waals surface area contributed by atoms with Gasteiger partial charge in [-0.2, -0.15) is 0 Å². The largest absolute Gasteiger partial charge is 0.291 e. The van der Waals surface area contributed by atoms with Gasteiger partial charge in [-0.05, 0) is 40.6 Å². The van der Waals surface area contributed by atoms with Crippen molar-refractivity contribution in [1.82, 2.24) is 24.3 Å². The molecular formula is C42H25N5S. The second-order valence-electron chi connectivity index (χ2n) is 11.9. The molecule has 0 unspecified atom stereocenters. The molecule has 224 valence electrons. The number of aromatic nitrogens is 5. The topological polar surface area (TPSA) is 56.0 Å². The monoisotopic (exact) mass is 631 g/mol. The Morgan fingerprint density at radius 3 is 1.65 bits per heavy atom. The van der Waals surface area contributed by atoms with Crippen LogP contribution < -0.4 is 0 Å². The minimum absolute atomic E-state index is 0.637. The molecule has 0 aliphatic carbocycles. The molecule has 6 aromatic carbocycles. The highest BCUT2D eigenvalue weighted by atomic mass is 32.1. The molecule has 0 fully saturated rings. The van der Waals surface area contributed by atoms with Crippen LogP contribution >= 0.6 is 11.3 Å². The Balaban J connectivity index is 1.18. The van der Waals surface area contributed by atoms with Crippen molar-refractivity contribution in [2.45, 2.75) is 0 Å². The van der Waals surface area contributed by atoms with Crippen LogP contribution in [0.15, 0.2) is 152 Å². The van der Waals surface area contributed by atoms with Gasteiger partial charge in [0.05, 0.1) is 21.4 Å². The van der Waals surface area contributed by atoms with E-state index in [1.165, 1.54) is 30.9 Å². The zero-order chi connectivity index (χ0) is 31.6. The van der Waals surface area contributed by atoms with E-state index < -0.39 is 0 Å². The summed E-state index contributed by atoms with van der Waals surface area (Å²) < 4.78 is 4.79. The molecule has 4 heterocycles. The first-order chi connectivity index (χ1) is 23.8. The predicted molar refractivity (Wildman–Crippen MR) is 198 cm³/mol. The molecule has 0 saturated carbocycles. The fourth-order valence-corrected chi connectivity index (χ4v) is 7.84. The molecule has 10 rings (SSSR count). The van der Waals surface area contributed by atoms with Gasteiger partial charge in [-0.25, -0.2) is 19.9 Å². The lowest BCUT2D eigenvalue weighted by Crippen LogP contribution is -2.00. The average Bonchev–Trinajstić information content (AvgIpc) is 3.72. The molecule has 5 nitrogen and oxygen atoms in total. The number of imidazole rings is 1. The number of pyridine rings is 1. The van der Waals surface area contributed by atoms with Crippen LogP contribution in [0.1, 0.15) is 0 Å². The Kier molecular flexibility index (Phi) is 5.98. The second-order valence-corrected chi connectivity index (χ2v) is 13.0. The number of hydrogen-bond acceptors (Lipinski definition) is 5. The summed E-state index contributed by atoms with van der Waals surface area (Å²) in [5, 5.41) is 4.86. The summed E-state index contributed by atoms with van der Waals surface area (Å²) in [6, 6.07) is 52.7. The van der Waals surface area contributed by atoms with E-state index in [0.29, 0.717) is 17.5 Å². The van der Waals surface area contributed by atoms with E-state index in [1.807, 2.05) is 72.0 Å². The third-order valence-electron chi connectivity index (χ3n) is 9.02. The molecule has 0 atom stereocenters. The van der Waals surface area contributed by atoms with Gasteiger partial charge in [0, 0.05) is 32.2 Å². The highest BCUT2D eigenvalue weighted by Gasteiger charge is 2.19. The molecule has 0 bridgehead atoms. The van der Waals surface area contributed by atoms with Crippen LogP contribution in [0.25, 0.3) is 93.0 Å². The number of benzene rings is 6. The fraction of sp³-hybridized carbons (Fsp3) is 0. The molecular weight excluding hydrogens is 607 g/mol. The molecule has 4 aromatic heterocycles. The van der Waals surface area contributed by atoms with Crippen LogP contribution in [-0.4, -0.2) is 24.3 Å². The van der Waals surface area contributed by atoms with Crippen LogP contribution in [0.5, 0.6) is 0 Å². The second kappa shape index (κ2) is 10.7. The lowest BCUT2D eigenvalue weighted by atomic mass is 10.0. The van der Waals surface area contributed by atoms with Gasteiger partial charge in [0.2, 0.25) is 0 Å². The molecule has 0 amide bonds. The van der Waals surface area contributed by atoms with Gasteiger partial charge in [-0.1, -0.05) is 127 Å². The van der Waals surface area contributed by atoms with Crippen LogP contribution in [0.3, 0.4) is 0 Å². The summed E-state index contributed by atoms with van der Waals surface area (Å²) in [5.41, 5.74) is 8.08. The summed E-state index contributed by atoms with van der Waals surface area (Å²) in [5.74, 6) is 1.94. The van der Waals surface area contributed by atoms with E-state index in [1.54, 1.807) is 0 Å². The smallest absolute Gasteiger partial charge is 0.164 e. The molecule has 0 spiro atoms. The van der Waals surface area contributed by atoms with Crippen LogP contribution in [0.2, 0.25) is 0 Å². The van der Waals surface area contributed by atoms with Gasteiger partial charge >= 0.3 is 0 Å². The van der Waals surface area contributed by atoms with Crippen molar-refractivity contribution >= 4 is 59.0 Å². The van der Waals surface area contributed by atoms with E-state index >= 15 is 0 Å². The van der Waals surface area contributed by atoms with E-state index in [9.17, 15) is 0 Å². The quantitative estimate of drug-likeness (QED) is 0.194. The zero-order valence-corrected chi connectivity index (χ0v) is 26.4. The minimum atomic E-state index is 0.637. The van der Waals surface area contributed by atoms with Gasteiger partial charge in [-0.15, -0.1) is 11.3 Å². The maximum absolute atomic E-state index is 5.26. The molecule has 0 radical (unpaired) electrons. The van der Waals surface area contributed by atoms with Gasteiger partial charge < -0.3 is 0 Å². The highest BCUT2D eigenvalue weighted by molar-refractivity contribution is 7.26. The number of rotatable bonds is 4. The molecule has 10 aromatic rings. The molecule has 0 saturated heterocycles. The number of hydrogen-bond donors (Lipinski definition) is 0. The lowest BCUT2D eigenvalue weighted by molar-refractivity contribution is 1.07. The molecule has 0 aliphatic rings. The minimum Gasteiger partial charge on any atom is -0.291 e. The summed E-state index contributed by atoms with van der Waals surface area (Å²) in [4.78, 5) is 20.0. The maximum atomic E-state index is 5.26. The highest BCUT2D eigenvalue weighted by Crippen LogP contribution is 2.41. The first-order valence-electron chi connectivity index (χ1n) is 15.9. The SMILES string of the molecule is c1ccc(-c2nc(-c3ccccc3)nc(-c3ccc(-c4cc5c6ccccc6sc5c5nc6cc7ccccc7cc6n45)cc3)n2)cc1. The van der Waals surface area contributed by atoms with E-state index in [0.717, 1.165) is 44.6 Å². The standard InChI is InChI=1S/C42H25N5S/c1-3-11-27(12-4-1)39-44-40(28-13-5-2-6-14-28)46-41(45-39)29-21-19-26(20-22-29)35-25-33-32-17-9-10-18-37(32)48-38(33)42-43-34-23-30-15-7-8-16-31(30)24-36(34)47(35)42/h1-25H. The Morgan fingerprint density at radius 1 is 0.438 bits per heavy atom. The van der Waals surface area contributed by atoms with Crippen molar-refractivity contribution in [2.75, 3.05) is 0 Å². The maximum Gasteiger partial charge on any atom is 0.164 e. The summed E-state index contributed by atoms with van der Waals surface area (Å²) >= 11 is 1.81. The normalized spacial score (nSPS) is 11.8. The van der Waals surface area contributed by atoms with Crippen LogP contribution in [0, 0.1) is 0 Å². The Labute approximate surface area is 279 Å². The third kappa shape index (κ3) is 4.31. The molecule has 6 heteroatoms. The number of fused-ring (bicyclic) bond motifs is 8. The fourth-order valence-electron chi connectivity index (χ4n) is 6.68. The van der Waals surface area contributed by atoms with Crippen molar-refractivity contribution in [3.8, 4) is 45.4 Å². The van der Waals surface area contributed by atoms with Gasteiger partial charge in [-0.3, -0.25) is 4.40 Å². The summed E-state index contributed by atoms with van der Waals surface area (Å²) in [6.45, 7) is 0. The molecule has 0 N–H and O–H groups in total. The molecule has 48 heavy (non-hydrogen) atoms. The zero-order valence-electron chi connectivity index (χ0n) is 25.6. The van der Waals surface area contributed by atoms with Gasteiger partial charge in [0.1, 0.15) is 0 Å². The Hall–Kier alpha value is -6.24. The van der Waals surface area contributed by atoms with Crippen LogP contribution in [0.4, 0.5) is 0 Å². The Morgan fingerprint density at radius 2 is 0.979 bits per heavy atom. The van der Waals surface area contributed by atoms with E-state index in [-0.39, 0.29) is 0 Å². The average molecular weight is 632 g/mol. The van der Waals surface area contributed by atoms with Crippen molar-refractivity contribution in [1.29, 1.82) is 0 Å². The van der Waals surface area contributed by atoms with Crippen molar-refractivity contribution in [3.63, 3.8) is 0 Å². The Bertz CT molecular complexity index is 2760. The van der Waals surface area contributed by atoms with Crippen LogP contribution in [-0.2, 0) is 0 Å². The predicted octanol–water partition coefficient (Wildman–Crippen LogP) is 10.9. The van der Waals surface area contributed by atoms with Crippen molar-refractivity contribution < 1.29 is 0 Å². The van der Waals surface area contributed by atoms with Gasteiger partial charge in [0.25, 0.3) is 0 Å². The number of thiophene rings is 1. The first-order valence-corrected chi connectivity index (χ1v) is 16.7. The summed E-state index contributed by atoms with van der Waals surface area (Å²) in [7, 11) is 0. The van der Waals surface area contributed by atoms with E-state index in [4.69, 9.17) is 19.9 Å². The lowest BCUT2D eigenvalue weighted by Gasteiger charge is -2.11. The van der Waals surface area contributed by atoms with Gasteiger partial charge in [0.15, 0.2) is 23.1 Å². The van der Waals surface area contributed by atoms with Crippen molar-refractivity contribution in [2.24, 2.45) is 0 Å². The third-order valence-corrected chi connectivity index (χ3v) is 10.2. The van der Waals surface area contributed by atoms with E-state index in [2.05, 4.69) is 95.4 Å². The number of nitrogens with zero attached hydrogens (tertiary/aromatic N) is 5. The first kappa shape index (κ1) is 26.9. The van der Waals surface area contributed by atoms with Crippen molar-refractivity contribution in [3.05, 3.63) is 152 Å². The molecule has 0 aliphatic heterocycles.